The highest BCUT2D eigenvalue weighted by Gasteiger charge is 2.16. The monoisotopic (exact) mass is 346 g/mol. The number of aliphatic hydroxyl groups is 1. The van der Waals surface area contributed by atoms with Crippen LogP contribution in [-0.2, 0) is 4.79 Å². The highest BCUT2D eigenvalue weighted by Crippen LogP contribution is 2.25. The third-order valence-corrected chi connectivity index (χ3v) is 3.56. The van der Waals surface area contributed by atoms with Crippen molar-refractivity contribution < 1.29 is 14.6 Å². The van der Waals surface area contributed by atoms with Gasteiger partial charge in [-0.2, -0.15) is 5.26 Å². The number of benzene rings is 2. The number of primary amides is 1. The highest BCUT2D eigenvalue weighted by atomic mass is 16.5. The first kappa shape index (κ1) is 17.1. The van der Waals surface area contributed by atoms with Gasteiger partial charge in [0.05, 0.1) is 17.3 Å². The lowest BCUT2D eigenvalue weighted by Gasteiger charge is -2.09. The zero-order valence-corrected chi connectivity index (χ0v) is 13.5. The number of hydrogen-bond acceptors (Lipinski definition) is 6. The maximum absolute atomic E-state index is 11.1. The molecule has 7 nitrogen and oxygen atoms in total. The summed E-state index contributed by atoms with van der Waals surface area (Å²) in [6.45, 7) is 0. The summed E-state index contributed by atoms with van der Waals surface area (Å²) in [7, 11) is 0. The summed E-state index contributed by atoms with van der Waals surface area (Å²) in [5.41, 5.74) is 6.47. The van der Waals surface area contributed by atoms with Gasteiger partial charge in [0, 0.05) is 11.8 Å². The number of rotatable bonds is 5. The van der Waals surface area contributed by atoms with E-state index in [9.17, 15) is 9.90 Å². The first-order chi connectivity index (χ1) is 12.6. The lowest BCUT2D eigenvalue weighted by Crippen LogP contribution is -2.21. The number of nitrogens with zero attached hydrogens (tertiary/aromatic N) is 3. The molecule has 1 aromatic heterocycles. The fraction of sp³-hybridized carbons (Fsp3) is 0.0526. The molecule has 3 rings (SSSR count). The lowest BCUT2D eigenvalue weighted by molar-refractivity contribution is -0.126. The summed E-state index contributed by atoms with van der Waals surface area (Å²) in [4.78, 5) is 19.4. The van der Waals surface area contributed by atoms with Crippen LogP contribution in [-0.4, -0.2) is 21.0 Å². The molecular formula is C19H14N4O3. The molecule has 128 valence electrons. The topological polar surface area (TPSA) is 122 Å². The molecule has 3 aromatic rings. The quantitative estimate of drug-likeness (QED) is 0.731. The molecule has 3 N–H and O–H groups in total. The number of carbonyl (C=O) groups is 1. The maximum Gasteiger partial charge on any atom is 0.252 e. The van der Waals surface area contributed by atoms with Gasteiger partial charge >= 0.3 is 0 Å². The van der Waals surface area contributed by atoms with Gasteiger partial charge in [0.1, 0.15) is 11.5 Å². The van der Waals surface area contributed by atoms with E-state index in [0.29, 0.717) is 28.5 Å². The fourth-order valence-electron chi connectivity index (χ4n) is 2.22. The molecule has 26 heavy (non-hydrogen) atoms. The highest BCUT2D eigenvalue weighted by molar-refractivity contribution is 5.79. The Labute approximate surface area is 149 Å². The van der Waals surface area contributed by atoms with Crippen molar-refractivity contribution in [2.24, 2.45) is 5.73 Å². The minimum atomic E-state index is -1.48. The Kier molecular flexibility index (Phi) is 4.87. The predicted octanol–water partition coefficient (Wildman–Crippen LogP) is 2.33. The third kappa shape index (κ3) is 3.83. The summed E-state index contributed by atoms with van der Waals surface area (Å²) >= 11 is 0. The molecule has 1 amide bonds. The zero-order chi connectivity index (χ0) is 18.5. The molecule has 0 saturated carbocycles. The van der Waals surface area contributed by atoms with Gasteiger partial charge in [-0.1, -0.05) is 0 Å². The van der Waals surface area contributed by atoms with Crippen LogP contribution in [0.3, 0.4) is 0 Å². The summed E-state index contributed by atoms with van der Waals surface area (Å²) < 4.78 is 5.71. The van der Waals surface area contributed by atoms with E-state index in [-0.39, 0.29) is 5.69 Å². The van der Waals surface area contributed by atoms with Crippen molar-refractivity contribution in [3.05, 3.63) is 72.1 Å². The number of nitrogens with two attached hydrogens (primary N) is 1. The average Bonchev–Trinajstić information content (AvgIpc) is 2.68. The summed E-state index contributed by atoms with van der Waals surface area (Å²) in [6, 6.07) is 17.3. The SMILES string of the molecule is N#Cc1ccc(Oc2ccc(-c3nccc(C(O)C(N)=O)n3)cc2)cc1. The van der Waals surface area contributed by atoms with Gasteiger partial charge in [-0.05, 0) is 54.6 Å². The molecule has 1 atom stereocenters. The first-order valence-corrected chi connectivity index (χ1v) is 7.65. The standard InChI is InChI=1S/C19H14N4O3/c20-11-12-1-5-14(6-2-12)26-15-7-3-13(4-8-15)19-22-10-9-16(23-19)17(24)18(21)25/h1-10,17,24H,(H2,21,25). The van der Waals surface area contributed by atoms with Crippen LogP contribution in [0.15, 0.2) is 60.8 Å². The molecule has 0 aliphatic carbocycles. The van der Waals surface area contributed by atoms with E-state index in [1.807, 2.05) is 6.07 Å². The Morgan fingerprint density at radius 3 is 2.27 bits per heavy atom. The minimum absolute atomic E-state index is 0.139. The van der Waals surface area contributed by atoms with Crippen molar-refractivity contribution in [1.29, 1.82) is 5.26 Å². The smallest absolute Gasteiger partial charge is 0.252 e. The molecule has 7 heteroatoms. The zero-order valence-electron chi connectivity index (χ0n) is 13.5. The van der Waals surface area contributed by atoms with E-state index >= 15 is 0 Å². The Bertz CT molecular complexity index is 963. The molecule has 0 saturated heterocycles. The van der Waals surface area contributed by atoms with Gasteiger partial charge < -0.3 is 15.6 Å². The first-order valence-electron chi connectivity index (χ1n) is 7.65. The van der Waals surface area contributed by atoms with E-state index in [0.717, 1.165) is 0 Å². The van der Waals surface area contributed by atoms with Crippen LogP contribution in [0.2, 0.25) is 0 Å². The van der Waals surface area contributed by atoms with Crippen LogP contribution in [0.5, 0.6) is 11.5 Å². The van der Waals surface area contributed by atoms with E-state index in [1.165, 1.54) is 12.3 Å². The molecule has 0 fully saturated rings. The number of aromatic nitrogens is 2. The van der Waals surface area contributed by atoms with E-state index < -0.39 is 12.0 Å². The molecular weight excluding hydrogens is 332 g/mol. The van der Waals surface area contributed by atoms with Crippen molar-refractivity contribution >= 4 is 5.91 Å². The molecule has 1 heterocycles. The van der Waals surface area contributed by atoms with Crippen LogP contribution < -0.4 is 10.5 Å². The van der Waals surface area contributed by atoms with E-state index in [4.69, 9.17) is 15.7 Å². The summed E-state index contributed by atoms with van der Waals surface area (Å²) in [6.07, 6.45) is -0.0268. The second-order valence-electron chi connectivity index (χ2n) is 5.37. The number of carbonyl (C=O) groups excluding carboxylic acids is 1. The summed E-state index contributed by atoms with van der Waals surface area (Å²) in [5, 5.41) is 18.5. The van der Waals surface area contributed by atoms with Crippen LogP contribution in [0.25, 0.3) is 11.4 Å². The Hall–Kier alpha value is -3.76. The van der Waals surface area contributed by atoms with Crippen molar-refractivity contribution in [3.8, 4) is 29.0 Å². The molecule has 0 aliphatic heterocycles. The van der Waals surface area contributed by atoms with Gasteiger partial charge in [-0.25, -0.2) is 9.97 Å². The van der Waals surface area contributed by atoms with Gasteiger partial charge in [0.15, 0.2) is 11.9 Å². The van der Waals surface area contributed by atoms with E-state index in [1.54, 1.807) is 48.5 Å². The van der Waals surface area contributed by atoms with Gasteiger partial charge in [-0.3, -0.25) is 4.79 Å². The lowest BCUT2D eigenvalue weighted by atomic mass is 10.2. The Balaban J connectivity index is 1.78. The molecule has 2 aromatic carbocycles. The average molecular weight is 346 g/mol. The van der Waals surface area contributed by atoms with E-state index in [2.05, 4.69) is 9.97 Å². The number of hydrogen-bond donors (Lipinski definition) is 2. The summed E-state index contributed by atoms with van der Waals surface area (Å²) in [5.74, 6) is 0.694. The molecule has 0 spiro atoms. The molecule has 0 bridgehead atoms. The van der Waals surface area contributed by atoms with Crippen LogP contribution in [0.1, 0.15) is 17.4 Å². The molecule has 1 unspecified atom stereocenters. The van der Waals surface area contributed by atoms with Crippen LogP contribution >= 0.6 is 0 Å². The number of amides is 1. The third-order valence-electron chi connectivity index (χ3n) is 3.56. The van der Waals surface area contributed by atoms with Crippen LogP contribution in [0, 0.1) is 11.3 Å². The minimum Gasteiger partial charge on any atom is -0.457 e. The number of aliphatic hydroxyl groups excluding tert-OH is 1. The number of nitriles is 1. The second kappa shape index (κ2) is 7.42. The fourth-order valence-corrected chi connectivity index (χ4v) is 2.22. The van der Waals surface area contributed by atoms with Crippen LogP contribution in [0.4, 0.5) is 0 Å². The van der Waals surface area contributed by atoms with Gasteiger partial charge in [0.2, 0.25) is 0 Å². The largest absolute Gasteiger partial charge is 0.457 e. The molecule has 0 aliphatic rings. The van der Waals surface area contributed by atoms with Gasteiger partial charge in [0.25, 0.3) is 5.91 Å². The Morgan fingerprint density at radius 2 is 1.69 bits per heavy atom. The van der Waals surface area contributed by atoms with Crippen molar-refractivity contribution in [3.63, 3.8) is 0 Å². The maximum atomic E-state index is 11.1. The number of ether oxygens (including phenoxy) is 1. The predicted molar refractivity (Wildman–Crippen MR) is 92.9 cm³/mol. The van der Waals surface area contributed by atoms with Crippen molar-refractivity contribution in [2.45, 2.75) is 6.10 Å². The molecule has 0 radical (unpaired) electrons. The van der Waals surface area contributed by atoms with Crippen molar-refractivity contribution in [2.75, 3.05) is 0 Å². The normalized spacial score (nSPS) is 11.4. The Morgan fingerprint density at radius 1 is 1.08 bits per heavy atom. The van der Waals surface area contributed by atoms with Gasteiger partial charge in [-0.15, -0.1) is 0 Å². The second-order valence-corrected chi connectivity index (χ2v) is 5.37. The van der Waals surface area contributed by atoms with Crippen molar-refractivity contribution in [1.82, 2.24) is 9.97 Å².